The molecular weight excluding hydrogens is 188 g/mol. The van der Waals surface area contributed by atoms with Gasteiger partial charge < -0.3 is 14.9 Å². The molecule has 0 aromatic carbocycles. The highest BCUT2D eigenvalue weighted by Crippen LogP contribution is 2.20. The van der Waals surface area contributed by atoms with Gasteiger partial charge >= 0.3 is 0 Å². The van der Waals surface area contributed by atoms with Crippen LogP contribution in [0.25, 0.3) is 0 Å². The fourth-order valence-electron chi connectivity index (χ4n) is 2.53. The maximum Gasteiger partial charge on any atom is 0.0431 e. The van der Waals surface area contributed by atoms with E-state index < -0.39 is 0 Å². The summed E-state index contributed by atoms with van der Waals surface area (Å²) in [6, 6.07) is 0.725. The molecule has 1 aliphatic rings. The summed E-state index contributed by atoms with van der Waals surface area (Å²) < 4.78 is 0. The van der Waals surface area contributed by atoms with E-state index >= 15 is 0 Å². The normalized spacial score (nSPS) is 27.8. The minimum absolute atomic E-state index is 0.344. The van der Waals surface area contributed by atoms with Gasteiger partial charge in [-0.1, -0.05) is 6.92 Å². The molecule has 3 nitrogen and oxygen atoms in total. The zero-order valence-electron chi connectivity index (χ0n) is 10.4. The van der Waals surface area contributed by atoms with Crippen LogP contribution < -0.4 is 0 Å². The molecule has 1 N–H and O–H groups in total. The van der Waals surface area contributed by atoms with Gasteiger partial charge in [0, 0.05) is 25.7 Å². The van der Waals surface area contributed by atoms with E-state index in [-0.39, 0.29) is 0 Å². The molecule has 0 saturated carbocycles. The summed E-state index contributed by atoms with van der Waals surface area (Å²) in [4.78, 5) is 4.91. The SMILES string of the molecule is CC1CN(CCCCCO)CC1N(C)C. The Labute approximate surface area is 94.1 Å². The first kappa shape index (κ1) is 12.9. The molecule has 15 heavy (non-hydrogen) atoms. The molecule has 1 aliphatic heterocycles. The molecule has 1 saturated heterocycles. The maximum absolute atomic E-state index is 8.69. The maximum atomic E-state index is 8.69. The van der Waals surface area contributed by atoms with Crippen LogP contribution in [0, 0.1) is 5.92 Å². The van der Waals surface area contributed by atoms with Crippen LogP contribution in [0.15, 0.2) is 0 Å². The summed E-state index contributed by atoms with van der Waals surface area (Å²) in [6.07, 6.45) is 3.35. The highest BCUT2D eigenvalue weighted by atomic mass is 16.2. The molecule has 0 radical (unpaired) electrons. The van der Waals surface area contributed by atoms with E-state index in [1.807, 2.05) is 0 Å². The summed E-state index contributed by atoms with van der Waals surface area (Å²) in [6.45, 7) is 6.35. The minimum Gasteiger partial charge on any atom is -0.396 e. The number of likely N-dealkylation sites (tertiary alicyclic amines) is 1. The molecule has 1 fully saturated rings. The number of hydrogen-bond donors (Lipinski definition) is 1. The first-order valence-electron chi connectivity index (χ1n) is 6.14. The largest absolute Gasteiger partial charge is 0.396 e. The van der Waals surface area contributed by atoms with Crippen LogP contribution >= 0.6 is 0 Å². The number of rotatable bonds is 6. The minimum atomic E-state index is 0.344. The van der Waals surface area contributed by atoms with Gasteiger partial charge in [-0.2, -0.15) is 0 Å². The molecule has 0 amide bonds. The van der Waals surface area contributed by atoms with Crippen molar-refractivity contribution in [3.05, 3.63) is 0 Å². The van der Waals surface area contributed by atoms with Crippen LogP contribution in [0.1, 0.15) is 26.2 Å². The Morgan fingerprint density at radius 1 is 1.20 bits per heavy atom. The van der Waals surface area contributed by atoms with Crippen LogP contribution in [0.5, 0.6) is 0 Å². The van der Waals surface area contributed by atoms with E-state index in [0.717, 1.165) is 24.8 Å². The van der Waals surface area contributed by atoms with Crippen molar-refractivity contribution < 1.29 is 5.11 Å². The predicted molar refractivity (Wildman–Crippen MR) is 64.0 cm³/mol. The topological polar surface area (TPSA) is 26.7 Å². The Morgan fingerprint density at radius 2 is 1.93 bits per heavy atom. The van der Waals surface area contributed by atoms with Gasteiger partial charge in [-0.05, 0) is 45.8 Å². The summed E-state index contributed by atoms with van der Waals surface area (Å²) in [5.41, 5.74) is 0. The van der Waals surface area contributed by atoms with Gasteiger partial charge in [0.05, 0.1) is 0 Å². The molecule has 0 aromatic rings. The number of nitrogens with zero attached hydrogens (tertiary/aromatic N) is 2. The van der Waals surface area contributed by atoms with E-state index in [1.54, 1.807) is 0 Å². The zero-order valence-corrected chi connectivity index (χ0v) is 10.4. The summed E-state index contributed by atoms with van der Waals surface area (Å²) in [7, 11) is 4.35. The van der Waals surface area contributed by atoms with Crippen LogP contribution in [-0.4, -0.2) is 61.3 Å². The van der Waals surface area contributed by atoms with Gasteiger partial charge in [-0.3, -0.25) is 0 Å². The van der Waals surface area contributed by atoms with Gasteiger partial charge in [-0.15, -0.1) is 0 Å². The molecule has 3 heteroatoms. The fourth-order valence-corrected chi connectivity index (χ4v) is 2.53. The van der Waals surface area contributed by atoms with Crippen molar-refractivity contribution in [1.29, 1.82) is 0 Å². The lowest BCUT2D eigenvalue weighted by Gasteiger charge is -2.22. The van der Waals surface area contributed by atoms with Crippen molar-refractivity contribution in [1.82, 2.24) is 9.80 Å². The molecule has 0 aliphatic carbocycles. The molecule has 2 unspecified atom stereocenters. The first-order chi connectivity index (χ1) is 7.15. The summed E-state index contributed by atoms with van der Waals surface area (Å²) >= 11 is 0. The Balaban J connectivity index is 2.17. The lowest BCUT2D eigenvalue weighted by molar-refractivity contribution is 0.247. The Kier molecular flexibility index (Phi) is 5.58. The van der Waals surface area contributed by atoms with Crippen molar-refractivity contribution in [2.24, 2.45) is 5.92 Å². The number of unbranched alkanes of at least 4 members (excludes halogenated alkanes) is 2. The number of hydrogen-bond acceptors (Lipinski definition) is 3. The van der Waals surface area contributed by atoms with Crippen molar-refractivity contribution in [3.8, 4) is 0 Å². The molecule has 0 spiro atoms. The van der Waals surface area contributed by atoms with Crippen LogP contribution in [0.3, 0.4) is 0 Å². The zero-order chi connectivity index (χ0) is 11.3. The van der Waals surface area contributed by atoms with Crippen molar-refractivity contribution >= 4 is 0 Å². The van der Waals surface area contributed by atoms with E-state index in [0.29, 0.717) is 6.61 Å². The third kappa shape index (κ3) is 4.09. The quantitative estimate of drug-likeness (QED) is 0.669. The van der Waals surface area contributed by atoms with Gasteiger partial charge in [-0.25, -0.2) is 0 Å². The molecular formula is C12H26N2O. The van der Waals surface area contributed by atoms with Crippen molar-refractivity contribution in [3.63, 3.8) is 0 Å². The van der Waals surface area contributed by atoms with Crippen LogP contribution in [0.2, 0.25) is 0 Å². The molecule has 2 atom stereocenters. The molecule has 1 heterocycles. The molecule has 90 valence electrons. The third-order valence-electron chi connectivity index (χ3n) is 3.44. The van der Waals surface area contributed by atoms with E-state index in [9.17, 15) is 0 Å². The van der Waals surface area contributed by atoms with E-state index in [4.69, 9.17) is 5.11 Å². The van der Waals surface area contributed by atoms with Crippen LogP contribution in [0.4, 0.5) is 0 Å². The third-order valence-corrected chi connectivity index (χ3v) is 3.44. The fraction of sp³-hybridized carbons (Fsp3) is 1.00. The highest BCUT2D eigenvalue weighted by molar-refractivity contribution is 4.86. The lowest BCUT2D eigenvalue weighted by atomic mass is 10.1. The average molecular weight is 214 g/mol. The van der Waals surface area contributed by atoms with Crippen LogP contribution in [-0.2, 0) is 0 Å². The van der Waals surface area contributed by atoms with Crippen molar-refractivity contribution in [2.45, 2.75) is 32.2 Å². The molecule has 0 aromatic heterocycles. The Hall–Kier alpha value is -0.120. The second-order valence-corrected chi connectivity index (χ2v) is 5.05. The number of likely N-dealkylation sites (N-methyl/N-ethyl adjacent to an activating group) is 1. The highest BCUT2D eigenvalue weighted by Gasteiger charge is 2.30. The Bertz CT molecular complexity index is 173. The smallest absolute Gasteiger partial charge is 0.0431 e. The number of aliphatic hydroxyl groups is 1. The van der Waals surface area contributed by atoms with Gasteiger partial charge in [0.25, 0.3) is 0 Å². The van der Waals surface area contributed by atoms with E-state index in [2.05, 4.69) is 30.8 Å². The van der Waals surface area contributed by atoms with Gasteiger partial charge in [0.15, 0.2) is 0 Å². The van der Waals surface area contributed by atoms with Crippen molar-refractivity contribution in [2.75, 3.05) is 40.3 Å². The molecule has 0 bridgehead atoms. The van der Waals surface area contributed by atoms with Gasteiger partial charge in [0.1, 0.15) is 0 Å². The van der Waals surface area contributed by atoms with Gasteiger partial charge in [0.2, 0.25) is 0 Å². The monoisotopic (exact) mass is 214 g/mol. The first-order valence-corrected chi connectivity index (χ1v) is 6.14. The number of aliphatic hydroxyl groups excluding tert-OH is 1. The predicted octanol–water partition coefficient (Wildman–Crippen LogP) is 1.03. The lowest BCUT2D eigenvalue weighted by Crippen LogP contribution is -2.34. The second-order valence-electron chi connectivity index (χ2n) is 5.05. The summed E-state index contributed by atoms with van der Waals surface area (Å²) in [5.74, 6) is 0.790. The molecule has 1 rings (SSSR count). The average Bonchev–Trinajstić information content (AvgIpc) is 2.55. The Morgan fingerprint density at radius 3 is 2.47 bits per heavy atom. The standard InChI is InChI=1S/C12H26N2O/c1-11-9-14(7-5-4-6-8-15)10-12(11)13(2)3/h11-12,15H,4-10H2,1-3H3. The van der Waals surface area contributed by atoms with E-state index in [1.165, 1.54) is 26.1 Å². The second kappa shape index (κ2) is 6.46. The summed E-state index contributed by atoms with van der Waals surface area (Å²) in [5, 5.41) is 8.69.